The predicted octanol–water partition coefficient (Wildman–Crippen LogP) is 3.42. The fourth-order valence-corrected chi connectivity index (χ4v) is 6.09. The molecule has 0 radical (unpaired) electrons. The second kappa shape index (κ2) is 8.50. The van der Waals surface area contributed by atoms with E-state index in [1.54, 1.807) is 6.07 Å². The van der Waals surface area contributed by atoms with E-state index in [0.29, 0.717) is 23.7 Å². The lowest BCUT2D eigenvalue weighted by Crippen LogP contribution is -2.61. The molecule has 6 rings (SSSR count). The quantitative estimate of drug-likeness (QED) is 0.791. The van der Waals surface area contributed by atoms with Crippen LogP contribution in [0, 0.1) is 17.6 Å². The fourth-order valence-electron chi connectivity index (χ4n) is 6.09. The monoisotopic (exact) mass is 419 g/mol. The van der Waals surface area contributed by atoms with Crippen molar-refractivity contribution in [3.8, 4) is 0 Å². The molecule has 0 amide bonds. The number of rotatable bonds is 2. The molecule has 0 unspecified atom stereocenters. The summed E-state index contributed by atoms with van der Waals surface area (Å²) in [4.78, 5) is 5.26. The fraction of sp³-hybridized carbons (Fsp3) is 0.700. The molecule has 152 valence electrons. The van der Waals surface area contributed by atoms with E-state index < -0.39 is 11.6 Å². The van der Waals surface area contributed by atoms with Gasteiger partial charge in [0.25, 0.3) is 0 Å². The van der Waals surface area contributed by atoms with Gasteiger partial charge in [-0.1, -0.05) is 12.1 Å². The molecule has 3 nitrogen and oxygen atoms in total. The van der Waals surface area contributed by atoms with Gasteiger partial charge in [-0.05, 0) is 69.4 Å². The van der Waals surface area contributed by atoms with E-state index in [-0.39, 0.29) is 30.7 Å². The van der Waals surface area contributed by atoms with Crippen molar-refractivity contribution in [1.29, 1.82) is 0 Å². The van der Waals surface area contributed by atoms with Gasteiger partial charge in [-0.2, -0.15) is 0 Å². The lowest BCUT2D eigenvalue weighted by molar-refractivity contribution is -0.0224. The van der Waals surface area contributed by atoms with Gasteiger partial charge >= 0.3 is 0 Å². The van der Waals surface area contributed by atoms with Gasteiger partial charge < -0.3 is 5.32 Å². The summed E-state index contributed by atoms with van der Waals surface area (Å²) in [7, 11) is 0. The van der Waals surface area contributed by atoms with Crippen LogP contribution in [-0.4, -0.2) is 60.6 Å². The van der Waals surface area contributed by atoms with E-state index in [9.17, 15) is 8.78 Å². The Morgan fingerprint density at radius 2 is 1.63 bits per heavy atom. The largest absolute Gasteiger partial charge is 0.317 e. The van der Waals surface area contributed by atoms with Crippen LogP contribution in [0.25, 0.3) is 0 Å². The first kappa shape index (κ1) is 21.3. The summed E-state index contributed by atoms with van der Waals surface area (Å²) in [6.45, 7) is 5.28. The minimum Gasteiger partial charge on any atom is -0.317 e. The average Bonchev–Trinajstić information content (AvgIpc) is 3.08. The van der Waals surface area contributed by atoms with Crippen molar-refractivity contribution in [2.45, 2.75) is 49.7 Å². The molecule has 5 aliphatic heterocycles. The van der Waals surface area contributed by atoms with Gasteiger partial charge in [-0.3, -0.25) is 9.80 Å². The van der Waals surface area contributed by atoms with Crippen LogP contribution >= 0.6 is 24.8 Å². The highest BCUT2D eigenvalue weighted by atomic mass is 35.5. The average molecular weight is 420 g/mol. The van der Waals surface area contributed by atoms with Crippen LogP contribution < -0.4 is 5.32 Å². The smallest absolute Gasteiger partial charge is 0.162 e. The van der Waals surface area contributed by atoms with Crippen molar-refractivity contribution in [2.24, 2.45) is 5.92 Å². The zero-order valence-corrected chi connectivity index (χ0v) is 17.1. The molecule has 1 N–H and O–H groups in total. The minimum atomic E-state index is -0.703. The molecule has 1 aromatic carbocycles. The number of halogens is 4. The van der Waals surface area contributed by atoms with Gasteiger partial charge in [0, 0.05) is 30.6 Å². The standard InChI is InChI=1S/C20H27F2N3.2ClH/c21-17-3-1-2-15(18(17)22)16-12-25(14-4-8-23-9-5-14)19-13-6-10-24(11-7-13)20(16)19;;/h1-3,13-14,16,19-20,23H,4-12H2;2*1H/t16-,19+,20+;;/m0../s1. The first-order valence-electron chi connectivity index (χ1n) is 9.88. The van der Waals surface area contributed by atoms with E-state index in [4.69, 9.17) is 0 Å². The first-order chi connectivity index (χ1) is 12.2. The molecule has 0 spiro atoms. The zero-order valence-electron chi connectivity index (χ0n) is 15.4. The highest BCUT2D eigenvalue weighted by molar-refractivity contribution is 5.85. The maximum Gasteiger partial charge on any atom is 0.162 e. The zero-order chi connectivity index (χ0) is 17.0. The second-order valence-electron chi connectivity index (χ2n) is 8.28. The van der Waals surface area contributed by atoms with Crippen LogP contribution in [-0.2, 0) is 0 Å². The second-order valence-corrected chi connectivity index (χ2v) is 8.28. The van der Waals surface area contributed by atoms with Crippen molar-refractivity contribution < 1.29 is 8.78 Å². The van der Waals surface area contributed by atoms with Gasteiger partial charge in [0.2, 0.25) is 0 Å². The number of nitrogens with one attached hydrogen (secondary N) is 1. The number of piperidine rings is 4. The predicted molar refractivity (Wildman–Crippen MR) is 108 cm³/mol. The molecule has 0 aromatic heterocycles. The maximum atomic E-state index is 14.6. The molecule has 1 aromatic rings. The van der Waals surface area contributed by atoms with E-state index in [1.165, 1.54) is 31.7 Å². The molecule has 5 fully saturated rings. The van der Waals surface area contributed by atoms with E-state index in [0.717, 1.165) is 38.6 Å². The van der Waals surface area contributed by atoms with E-state index in [1.807, 2.05) is 6.07 Å². The third-order valence-corrected chi connectivity index (χ3v) is 7.19. The van der Waals surface area contributed by atoms with Crippen LogP contribution in [0.3, 0.4) is 0 Å². The van der Waals surface area contributed by atoms with Gasteiger partial charge in [0.05, 0.1) is 0 Å². The molecule has 5 heterocycles. The lowest BCUT2D eigenvalue weighted by atomic mass is 9.75. The molecule has 7 heteroatoms. The molecular formula is C20H29Cl2F2N3. The minimum absolute atomic E-state index is 0. The molecule has 5 aliphatic rings. The summed E-state index contributed by atoms with van der Waals surface area (Å²) < 4.78 is 28.5. The van der Waals surface area contributed by atoms with Crippen LogP contribution in [0.5, 0.6) is 0 Å². The Kier molecular flexibility index (Phi) is 6.69. The van der Waals surface area contributed by atoms with E-state index in [2.05, 4.69) is 15.1 Å². The number of hydrogen-bond acceptors (Lipinski definition) is 3. The van der Waals surface area contributed by atoms with Crippen molar-refractivity contribution in [1.82, 2.24) is 15.1 Å². The third-order valence-electron chi connectivity index (χ3n) is 7.19. The first-order valence-corrected chi connectivity index (χ1v) is 9.88. The molecule has 2 bridgehead atoms. The molecular weight excluding hydrogens is 391 g/mol. The Morgan fingerprint density at radius 3 is 2.33 bits per heavy atom. The van der Waals surface area contributed by atoms with Crippen molar-refractivity contribution in [2.75, 3.05) is 32.7 Å². The Hall–Kier alpha value is -0.460. The Balaban J connectivity index is 0.00000105. The molecule has 0 saturated carbocycles. The topological polar surface area (TPSA) is 18.5 Å². The van der Waals surface area contributed by atoms with Crippen LogP contribution in [0.2, 0.25) is 0 Å². The number of fused-ring (bicyclic) bond motifs is 2. The number of benzene rings is 1. The highest BCUT2D eigenvalue weighted by Gasteiger charge is 2.55. The van der Waals surface area contributed by atoms with Gasteiger partial charge in [-0.15, -0.1) is 24.8 Å². The van der Waals surface area contributed by atoms with Crippen LogP contribution in [0.15, 0.2) is 18.2 Å². The summed E-state index contributed by atoms with van der Waals surface area (Å²) in [6.07, 6.45) is 4.88. The van der Waals surface area contributed by atoms with Gasteiger partial charge in [-0.25, -0.2) is 8.78 Å². The lowest BCUT2D eigenvalue weighted by Gasteiger charge is -2.52. The number of hydrogen-bond donors (Lipinski definition) is 1. The summed E-state index contributed by atoms with van der Waals surface area (Å²) in [5.41, 5.74) is 0.596. The molecule has 5 saturated heterocycles. The Labute approximate surface area is 172 Å². The van der Waals surface area contributed by atoms with Crippen molar-refractivity contribution in [3.05, 3.63) is 35.4 Å². The molecule has 27 heavy (non-hydrogen) atoms. The number of likely N-dealkylation sites (tertiary alicyclic amines) is 1. The summed E-state index contributed by atoms with van der Waals surface area (Å²) in [5.74, 6) is -0.503. The summed E-state index contributed by atoms with van der Waals surface area (Å²) in [6, 6.07) is 6.21. The Morgan fingerprint density at radius 1 is 0.926 bits per heavy atom. The molecule has 0 aliphatic carbocycles. The van der Waals surface area contributed by atoms with E-state index >= 15 is 0 Å². The van der Waals surface area contributed by atoms with Crippen molar-refractivity contribution in [3.63, 3.8) is 0 Å². The normalized spacial score (nSPS) is 36.0. The Bertz CT molecular complexity index is 648. The summed E-state index contributed by atoms with van der Waals surface area (Å²) in [5, 5.41) is 3.46. The van der Waals surface area contributed by atoms with Crippen molar-refractivity contribution >= 4 is 24.8 Å². The van der Waals surface area contributed by atoms with Crippen LogP contribution in [0.4, 0.5) is 8.78 Å². The summed E-state index contributed by atoms with van der Waals surface area (Å²) >= 11 is 0. The highest BCUT2D eigenvalue weighted by Crippen LogP contribution is 2.48. The van der Waals surface area contributed by atoms with Gasteiger partial charge in [0.15, 0.2) is 11.6 Å². The SMILES string of the molecule is Cl.Cl.Fc1cccc([C@@H]2CN(C3CCNCC3)[C@@H]3C4CCN(CC4)[C@@H]32)c1F. The maximum absolute atomic E-state index is 14.6. The number of nitrogens with zero attached hydrogens (tertiary/aromatic N) is 2. The molecule has 3 atom stereocenters. The van der Waals surface area contributed by atoms with Gasteiger partial charge in [0.1, 0.15) is 0 Å². The third kappa shape index (κ3) is 3.51. The van der Waals surface area contributed by atoms with Crippen LogP contribution in [0.1, 0.15) is 37.2 Å².